The van der Waals surface area contributed by atoms with Crippen LogP contribution in [0.4, 0.5) is 0 Å². The third kappa shape index (κ3) is 5.59. The topological polar surface area (TPSA) is 36.4 Å². The van der Waals surface area contributed by atoms with E-state index in [1.165, 1.54) is 81.7 Å². The number of aliphatic imine (C=N–C) groups is 1. The van der Waals surface area contributed by atoms with Crippen LogP contribution in [-0.2, 0) is 0 Å². The molecule has 0 amide bonds. The number of allylic oxidation sites excluding steroid dienone is 2. The van der Waals surface area contributed by atoms with Gasteiger partial charge in [0.2, 0.25) is 0 Å². The van der Waals surface area contributed by atoms with Crippen molar-refractivity contribution < 1.29 is 0 Å². The van der Waals surface area contributed by atoms with Crippen molar-refractivity contribution in [1.82, 2.24) is 10.6 Å². The average molecular weight is 718 g/mol. The summed E-state index contributed by atoms with van der Waals surface area (Å²) in [6, 6.07) is 64.1. The zero-order valence-electron chi connectivity index (χ0n) is 30.9. The van der Waals surface area contributed by atoms with Crippen molar-refractivity contribution in [1.29, 1.82) is 0 Å². The highest BCUT2D eigenvalue weighted by atomic mass is 15.3. The lowest BCUT2D eigenvalue weighted by Gasteiger charge is -2.33. The van der Waals surface area contributed by atoms with E-state index in [1.807, 2.05) is 0 Å². The normalized spacial score (nSPS) is 17.2. The van der Waals surface area contributed by atoms with Crippen molar-refractivity contribution in [3.05, 3.63) is 210 Å². The van der Waals surface area contributed by atoms with Gasteiger partial charge in [-0.15, -0.1) is 0 Å². The Morgan fingerprint density at radius 3 is 1.93 bits per heavy atom. The van der Waals surface area contributed by atoms with Gasteiger partial charge in [-0.3, -0.25) is 5.32 Å². The summed E-state index contributed by atoms with van der Waals surface area (Å²) in [6.07, 6.45) is 6.35. The van der Waals surface area contributed by atoms with Gasteiger partial charge in [-0.25, -0.2) is 4.99 Å². The molecule has 2 unspecified atom stereocenters. The molecule has 9 aromatic carbocycles. The molecular weight excluding hydrogens is 679 g/mol. The highest BCUT2D eigenvalue weighted by Gasteiger charge is 2.27. The second-order valence-corrected chi connectivity index (χ2v) is 15.1. The van der Waals surface area contributed by atoms with E-state index >= 15 is 0 Å². The Hall–Kier alpha value is -6.81. The van der Waals surface area contributed by atoms with E-state index < -0.39 is 0 Å². The largest absolute Gasteiger partial charge is 0.350 e. The lowest BCUT2D eigenvalue weighted by Crippen LogP contribution is -2.45. The summed E-state index contributed by atoms with van der Waals surface area (Å²) < 4.78 is 0. The van der Waals surface area contributed by atoms with Crippen molar-refractivity contribution in [2.75, 3.05) is 0 Å². The van der Waals surface area contributed by atoms with E-state index in [1.54, 1.807) is 0 Å². The number of benzene rings is 9. The number of nitrogens with zero attached hydrogens (tertiary/aromatic N) is 1. The van der Waals surface area contributed by atoms with Crippen molar-refractivity contribution >= 4 is 65.3 Å². The highest BCUT2D eigenvalue weighted by Crippen LogP contribution is 2.43. The van der Waals surface area contributed by atoms with Gasteiger partial charge in [-0.1, -0.05) is 164 Å². The smallest absolute Gasteiger partial charge is 0.131 e. The molecule has 2 atom stereocenters. The number of hydrogen-bond donors (Lipinski definition) is 2. The quantitative estimate of drug-likeness (QED) is 0.174. The molecule has 0 spiro atoms. The molecule has 0 radical (unpaired) electrons. The molecule has 2 N–H and O–H groups in total. The highest BCUT2D eigenvalue weighted by molar-refractivity contribution is 6.33. The van der Waals surface area contributed by atoms with Crippen LogP contribution in [0.2, 0.25) is 0 Å². The minimum Gasteiger partial charge on any atom is -0.350 e. The summed E-state index contributed by atoms with van der Waals surface area (Å²) in [7, 11) is 0. The minimum absolute atomic E-state index is 0.0856. The number of rotatable bonds is 5. The zero-order chi connectivity index (χ0) is 37.0. The molecule has 0 saturated carbocycles. The summed E-state index contributed by atoms with van der Waals surface area (Å²) in [5.41, 5.74) is 8.54. The Morgan fingerprint density at radius 2 is 1.12 bits per heavy atom. The average Bonchev–Trinajstić information content (AvgIpc) is 3.28. The van der Waals surface area contributed by atoms with E-state index in [4.69, 9.17) is 4.99 Å². The fourth-order valence-corrected chi connectivity index (χ4v) is 9.06. The Labute approximate surface area is 326 Å². The summed E-state index contributed by atoms with van der Waals surface area (Å²) in [5, 5.41) is 20.4. The molecular formula is C53H39N3. The summed E-state index contributed by atoms with van der Waals surface area (Å²) >= 11 is 0. The maximum Gasteiger partial charge on any atom is 0.131 e. The van der Waals surface area contributed by atoms with Crippen molar-refractivity contribution in [3.63, 3.8) is 0 Å². The van der Waals surface area contributed by atoms with Gasteiger partial charge in [0.1, 0.15) is 18.2 Å². The molecule has 11 rings (SSSR count). The van der Waals surface area contributed by atoms with Gasteiger partial charge in [0.15, 0.2) is 0 Å². The Bertz CT molecular complexity index is 3100. The maximum absolute atomic E-state index is 5.34. The minimum atomic E-state index is -0.196. The number of hydrogen-bond acceptors (Lipinski definition) is 3. The monoisotopic (exact) mass is 717 g/mol. The molecule has 3 heteroatoms. The van der Waals surface area contributed by atoms with Gasteiger partial charge in [-0.2, -0.15) is 0 Å². The van der Waals surface area contributed by atoms with E-state index in [-0.39, 0.29) is 12.3 Å². The van der Waals surface area contributed by atoms with Crippen molar-refractivity contribution in [2.24, 2.45) is 4.99 Å². The summed E-state index contributed by atoms with van der Waals surface area (Å²) in [6.45, 7) is 0. The maximum atomic E-state index is 5.34. The van der Waals surface area contributed by atoms with Crippen LogP contribution < -0.4 is 10.6 Å². The molecule has 2 aliphatic rings. The van der Waals surface area contributed by atoms with Crippen LogP contribution in [0.15, 0.2) is 199 Å². The molecule has 266 valence electrons. The van der Waals surface area contributed by atoms with E-state index in [9.17, 15) is 0 Å². The van der Waals surface area contributed by atoms with Crippen LogP contribution in [0.25, 0.3) is 70.6 Å². The Balaban J connectivity index is 1.01. The third-order valence-electron chi connectivity index (χ3n) is 11.8. The van der Waals surface area contributed by atoms with Crippen LogP contribution in [0, 0.1) is 0 Å². The molecule has 1 heterocycles. The standard InChI is InChI=1S/C53H39N3/c1-2-15-35(16-3-1)51-54-52(56-53(55-51)41-29-28-34-14-4-5-17-36(34)31-41)40-21-13-19-38(32-40)37-18-12-20-39(30-37)48-33-49-44-24-7-6-22-42(44)43-23-8-10-26-46(43)50(49)47-27-11-9-25-45(47)48/h1-12,14-18,20-33,51,53,55H,13,19H2,(H,54,56). The van der Waals surface area contributed by atoms with Crippen molar-refractivity contribution in [3.8, 4) is 11.1 Å². The van der Waals surface area contributed by atoms with E-state index in [2.05, 4.69) is 199 Å². The van der Waals surface area contributed by atoms with Gasteiger partial charge >= 0.3 is 0 Å². The first kappa shape index (κ1) is 32.6. The van der Waals surface area contributed by atoms with Crippen LogP contribution >= 0.6 is 0 Å². The van der Waals surface area contributed by atoms with Gasteiger partial charge in [0.25, 0.3) is 0 Å². The van der Waals surface area contributed by atoms with E-state index in [0.29, 0.717) is 0 Å². The second-order valence-electron chi connectivity index (χ2n) is 15.1. The van der Waals surface area contributed by atoms with E-state index in [0.717, 1.165) is 29.8 Å². The molecule has 3 nitrogen and oxygen atoms in total. The van der Waals surface area contributed by atoms with Crippen LogP contribution in [0.5, 0.6) is 0 Å². The van der Waals surface area contributed by atoms with Crippen LogP contribution in [0.3, 0.4) is 0 Å². The zero-order valence-corrected chi connectivity index (χ0v) is 30.9. The Morgan fingerprint density at radius 1 is 0.482 bits per heavy atom. The lowest BCUT2D eigenvalue weighted by atomic mass is 9.86. The fourth-order valence-electron chi connectivity index (χ4n) is 9.06. The predicted molar refractivity (Wildman–Crippen MR) is 237 cm³/mol. The molecule has 1 aliphatic carbocycles. The molecule has 1 aliphatic heterocycles. The SMILES string of the molecule is C1=C(C2=NC(c3ccc4ccccc4c3)NC(c3ccccc3)N2)C=C(c2cccc(-c3cc4c5ccccc5c5ccccc5c4c4ccccc34)c2)CC1. The molecule has 0 aromatic heterocycles. The summed E-state index contributed by atoms with van der Waals surface area (Å²) in [4.78, 5) is 5.34. The number of nitrogens with one attached hydrogen (secondary N) is 2. The molecule has 9 aromatic rings. The van der Waals surface area contributed by atoms with Crippen molar-refractivity contribution in [2.45, 2.75) is 25.2 Å². The first-order valence-electron chi connectivity index (χ1n) is 19.7. The Kier molecular flexibility index (Phi) is 7.85. The van der Waals surface area contributed by atoms with Gasteiger partial charge in [-0.05, 0) is 124 Å². The molecule has 0 bridgehead atoms. The van der Waals surface area contributed by atoms with Gasteiger partial charge in [0, 0.05) is 5.57 Å². The molecule has 0 saturated heterocycles. The van der Waals surface area contributed by atoms with Crippen LogP contribution in [-0.4, -0.2) is 5.84 Å². The third-order valence-corrected chi connectivity index (χ3v) is 11.8. The van der Waals surface area contributed by atoms with Gasteiger partial charge < -0.3 is 5.32 Å². The van der Waals surface area contributed by atoms with Crippen LogP contribution in [0.1, 0.15) is 41.9 Å². The number of amidine groups is 1. The molecule has 0 fully saturated rings. The first-order chi connectivity index (χ1) is 27.7. The fraction of sp³-hybridized carbons (Fsp3) is 0.0755. The predicted octanol–water partition coefficient (Wildman–Crippen LogP) is 13.2. The lowest BCUT2D eigenvalue weighted by molar-refractivity contribution is 0.409. The second kappa shape index (κ2) is 13.5. The summed E-state index contributed by atoms with van der Waals surface area (Å²) in [5.74, 6) is 0.920. The molecule has 56 heavy (non-hydrogen) atoms. The number of fused-ring (bicyclic) bond motifs is 9. The van der Waals surface area contributed by atoms with Gasteiger partial charge in [0.05, 0.1) is 0 Å². The first-order valence-corrected chi connectivity index (χ1v) is 19.7.